The van der Waals surface area contributed by atoms with Crippen molar-refractivity contribution in [1.29, 1.82) is 0 Å². The van der Waals surface area contributed by atoms with Gasteiger partial charge in [0.2, 0.25) is 0 Å². The molecule has 0 aliphatic carbocycles. The van der Waals surface area contributed by atoms with Gasteiger partial charge in [-0.3, -0.25) is 0 Å². The molecule has 136 valence electrons. The smallest absolute Gasteiger partial charge is 0.191 e. The van der Waals surface area contributed by atoms with Crippen molar-refractivity contribution >= 4 is 17.3 Å². The molecule has 0 aliphatic rings. The lowest BCUT2D eigenvalue weighted by Crippen LogP contribution is -2.36. The Morgan fingerprint density at radius 1 is 1.12 bits per heavy atom. The van der Waals surface area contributed by atoms with Gasteiger partial charge in [-0.15, -0.1) is 0 Å². The summed E-state index contributed by atoms with van der Waals surface area (Å²) in [5.74, 6) is 2.35. The molecule has 0 aliphatic heterocycles. The minimum Gasteiger partial charge on any atom is -0.493 e. The lowest BCUT2D eigenvalue weighted by Gasteiger charge is -2.14. The first kappa shape index (κ1) is 19.1. The normalized spacial score (nSPS) is 11.2. The van der Waals surface area contributed by atoms with Gasteiger partial charge in [-0.05, 0) is 53.4 Å². The van der Waals surface area contributed by atoms with Gasteiger partial charge in [-0.1, -0.05) is 13.0 Å². The third-order valence-electron chi connectivity index (χ3n) is 3.49. The number of aliphatic imine (C=N–C) groups is 1. The van der Waals surface area contributed by atoms with Crippen LogP contribution in [0.3, 0.4) is 0 Å². The van der Waals surface area contributed by atoms with Crippen molar-refractivity contribution in [1.82, 2.24) is 10.6 Å². The molecule has 0 amide bonds. The van der Waals surface area contributed by atoms with Gasteiger partial charge in [0.15, 0.2) is 17.5 Å². The van der Waals surface area contributed by atoms with E-state index < -0.39 is 0 Å². The van der Waals surface area contributed by atoms with E-state index in [-0.39, 0.29) is 0 Å². The number of rotatable bonds is 9. The van der Waals surface area contributed by atoms with Crippen molar-refractivity contribution in [3.05, 3.63) is 46.2 Å². The van der Waals surface area contributed by atoms with Gasteiger partial charge >= 0.3 is 0 Å². The van der Waals surface area contributed by atoms with Gasteiger partial charge in [0, 0.05) is 13.1 Å². The largest absolute Gasteiger partial charge is 0.493 e. The molecule has 25 heavy (non-hydrogen) atoms. The number of nitrogens with one attached hydrogen (secondary N) is 2. The van der Waals surface area contributed by atoms with E-state index in [1.165, 1.54) is 5.56 Å². The van der Waals surface area contributed by atoms with E-state index in [4.69, 9.17) is 9.47 Å². The Bertz CT molecular complexity index is 657. The van der Waals surface area contributed by atoms with Gasteiger partial charge in [-0.2, -0.15) is 11.3 Å². The first-order valence-electron chi connectivity index (χ1n) is 8.59. The Balaban J connectivity index is 1.98. The highest BCUT2D eigenvalue weighted by atomic mass is 32.1. The molecule has 2 rings (SSSR count). The molecule has 1 aromatic heterocycles. The van der Waals surface area contributed by atoms with E-state index in [2.05, 4.69) is 46.3 Å². The fourth-order valence-corrected chi connectivity index (χ4v) is 2.89. The van der Waals surface area contributed by atoms with Crippen LogP contribution in [0.4, 0.5) is 0 Å². The number of guanidine groups is 1. The highest BCUT2D eigenvalue weighted by Crippen LogP contribution is 2.28. The molecule has 0 unspecified atom stereocenters. The predicted molar refractivity (Wildman–Crippen MR) is 105 cm³/mol. The van der Waals surface area contributed by atoms with Crippen LogP contribution in [0.25, 0.3) is 0 Å². The third kappa shape index (κ3) is 6.31. The Labute approximate surface area is 154 Å². The molecule has 2 N–H and O–H groups in total. The van der Waals surface area contributed by atoms with Gasteiger partial charge in [-0.25, -0.2) is 4.99 Å². The zero-order chi connectivity index (χ0) is 17.9. The monoisotopic (exact) mass is 361 g/mol. The van der Waals surface area contributed by atoms with Crippen molar-refractivity contribution in [2.24, 2.45) is 4.99 Å². The number of methoxy groups -OCH3 is 1. The minimum absolute atomic E-state index is 0.667. The molecule has 0 atom stereocenters. The van der Waals surface area contributed by atoms with Crippen LogP contribution in [-0.2, 0) is 13.1 Å². The average Bonchev–Trinajstić information content (AvgIpc) is 3.16. The van der Waals surface area contributed by atoms with E-state index in [0.717, 1.165) is 36.0 Å². The van der Waals surface area contributed by atoms with Crippen LogP contribution in [0.5, 0.6) is 11.5 Å². The topological polar surface area (TPSA) is 54.9 Å². The van der Waals surface area contributed by atoms with Crippen LogP contribution in [0, 0.1) is 0 Å². The minimum atomic E-state index is 0.667. The Kier molecular flexibility index (Phi) is 8.12. The first-order chi connectivity index (χ1) is 12.3. The van der Waals surface area contributed by atoms with Crippen molar-refractivity contribution in [3.63, 3.8) is 0 Å². The van der Waals surface area contributed by atoms with Crippen LogP contribution in [-0.4, -0.2) is 26.2 Å². The van der Waals surface area contributed by atoms with Gasteiger partial charge in [0.1, 0.15) is 0 Å². The molecule has 0 radical (unpaired) electrons. The molecule has 5 nitrogen and oxygen atoms in total. The van der Waals surface area contributed by atoms with E-state index in [9.17, 15) is 0 Å². The first-order valence-corrected chi connectivity index (χ1v) is 9.54. The summed E-state index contributed by atoms with van der Waals surface area (Å²) in [5, 5.41) is 10.8. The molecular formula is C19H27N3O2S. The van der Waals surface area contributed by atoms with E-state index in [0.29, 0.717) is 19.7 Å². The van der Waals surface area contributed by atoms with Crippen LogP contribution in [0.2, 0.25) is 0 Å². The fourth-order valence-electron chi connectivity index (χ4n) is 2.23. The Morgan fingerprint density at radius 3 is 2.68 bits per heavy atom. The van der Waals surface area contributed by atoms with Gasteiger partial charge in [0.25, 0.3) is 0 Å². The van der Waals surface area contributed by atoms with Crippen molar-refractivity contribution in [2.75, 3.05) is 20.3 Å². The predicted octanol–water partition coefficient (Wildman–Crippen LogP) is 3.80. The molecule has 6 heteroatoms. The zero-order valence-electron chi connectivity index (χ0n) is 15.2. The fraction of sp³-hybridized carbons (Fsp3) is 0.421. The lowest BCUT2D eigenvalue weighted by molar-refractivity contribution is 0.294. The van der Waals surface area contributed by atoms with E-state index in [1.54, 1.807) is 18.4 Å². The number of nitrogens with zero attached hydrogens (tertiary/aromatic N) is 1. The van der Waals surface area contributed by atoms with Crippen LogP contribution in [0.15, 0.2) is 40.0 Å². The van der Waals surface area contributed by atoms with Crippen molar-refractivity contribution < 1.29 is 9.47 Å². The van der Waals surface area contributed by atoms with E-state index in [1.807, 2.05) is 18.2 Å². The second-order valence-electron chi connectivity index (χ2n) is 5.51. The maximum Gasteiger partial charge on any atom is 0.191 e. The summed E-state index contributed by atoms with van der Waals surface area (Å²) in [4.78, 5) is 4.62. The summed E-state index contributed by atoms with van der Waals surface area (Å²) in [6, 6.07) is 8.10. The summed E-state index contributed by atoms with van der Waals surface area (Å²) in [6.07, 6.45) is 0.971. The van der Waals surface area contributed by atoms with Crippen molar-refractivity contribution in [2.45, 2.75) is 33.4 Å². The number of thiophene rings is 1. The van der Waals surface area contributed by atoms with Crippen LogP contribution in [0.1, 0.15) is 31.4 Å². The summed E-state index contributed by atoms with van der Waals surface area (Å²) in [7, 11) is 1.66. The molecular weight excluding hydrogens is 334 g/mol. The highest BCUT2D eigenvalue weighted by molar-refractivity contribution is 7.07. The van der Waals surface area contributed by atoms with Crippen molar-refractivity contribution in [3.8, 4) is 11.5 Å². The molecule has 0 spiro atoms. The van der Waals surface area contributed by atoms with E-state index >= 15 is 0 Å². The zero-order valence-corrected chi connectivity index (χ0v) is 16.0. The second kappa shape index (κ2) is 10.6. The molecule has 0 saturated carbocycles. The summed E-state index contributed by atoms with van der Waals surface area (Å²) >= 11 is 1.69. The summed E-state index contributed by atoms with van der Waals surface area (Å²) < 4.78 is 11.1. The molecule has 1 aromatic carbocycles. The maximum absolute atomic E-state index is 5.70. The highest BCUT2D eigenvalue weighted by Gasteiger charge is 2.06. The Morgan fingerprint density at radius 2 is 2.00 bits per heavy atom. The quantitative estimate of drug-likeness (QED) is 0.527. The summed E-state index contributed by atoms with van der Waals surface area (Å²) in [5.41, 5.74) is 2.34. The lowest BCUT2D eigenvalue weighted by atomic mass is 10.2. The maximum atomic E-state index is 5.70. The van der Waals surface area contributed by atoms with Crippen LogP contribution < -0.4 is 20.1 Å². The van der Waals surface area contributed by atoms with Gasteiger partial charge in [0.05, 0.1) is 20.3 Å². The summed E-state index contributed by atoms with van der Waals surface area (Å²) in [6.45, 7) is 7.00. The SMILES string of the molecule is CCCOc1ccc(CNC(=NCc2ccsc2)NCC)cc1OC. The number of ether oxygens (including phenoxy) is 2. The van der Waals surface area contributed by atoms with Crippen LogP contribution >= 0.6 is 11.3 Å². The molecule has 2 aromatic rings. The Hall–Kier alpha value is -2.21. The standard InChI is InChI=1S/C19H27N3O2S/c1-4-9-24-17-7-6-15(11-18(17)23-3)12-21-19(20-5-2)22-13-16-8-10-25-14-16/h6-8,10-11,14H,4-5,9,12-13H2,1-3H3,(H2,20,21,22). The number of benzene rings is 1. The molecule has 1 heterocycles. The van der Waals surface area contributed by atoms with Gasteiger partial charge < -0.3 is 20.1 Å². The molecule has 0 bridgehead atoms. The molecule has 0 saturated heterocycles. The third-order valence-corrected chi connectivity index (χ3v) is 4.23. The average molecular weight is 362 g/mol. The number of hydrogen-bond donors (Lipinski definition) is 2. The number of hydrogen-bond acceptors (Lipinski definition) is 4. The molecule has 0 fully saturated rings. The second-order valence-corrected chi connectivity index (χ2v) is 6.29.